The number of hydrogen-bond donors (Lipinski definition) is 2. The lowest BCUT2D eigenvalue weighted by Gasteiger charge is -2.32. The van der Waals surface area contributed by atoms with E-state index in [0.717, 1.165) is 47.2 Å². The highest BCUT2D eigenvalue weighted by Gasteiger charge is 2.32. The zero-order valence-electron chi connectivity index (χ0n) is 33.0. The summed E-state index contributed by atoms with van der Waals surface area (Å²) in [6, 6.07) is 38.2. The smallest absolute Gasteiger partial charge is 0.328 e. The molecule has 4 atom stereocenters. The van der Waals surface area contributed by atoms with Gasteiger partial charge in [0.25, 0.3) is 0 Å². The summed E-state index contributed by atoms with van der Waals surface area (Å²) in [6.45, 7) is 8.23. The molecule has 0 radical (unpaired) electrons. The SMILES string of the molecule is CN1CCC[C@@H]1CCO[C@](C)(c1ccccc1)c1ccc(Cl)cc1.CN1CCC[C@@H]1CCO[C@](C)(c1ccccc1)c1ccc(Cl)cc1.O=C(O)/C=C/C(=O)O. The molecule has 0 saturated carbocycles. The molecule has 0 spiro atoms. The summed E-state index contributed by atoms with van der Waals surface area (Å²) < 4.78 is 13.0. The molecule has 2 saturated heterocycles. The minimum Gasteiger partial charge on any atom is -0.478 e. The molecule has 2 aliphatic rings. The summed E-state index contributed by atoms with van der Waals surface area (Å²) >= 11 is 12.1. The van der Waals surface area contributed by atoms with Crippen molar-refractivity contribution in [3.05, 3.63) is 154 Å². The van der Waals surface area contributed by atoms with Crippen LogP contribution in [-0.2, 0) is 30.3 Å². The highest BCUT2D eigenvalue weighted by atomic mass is 35.5. The van der Waals surface area contributed by atoms with Crippen LogP contribution < -0.4 is 0 Å². The number of carbonyl (C=O) groups is 2. The average Bonchev–Trinajstić information content (AvgIpc) is 3.81. The van der Waals surface area contributed by atoms with E-state index in [1.807, 2.05) is 36.4 Å². The number of hydrogen-bond acceptors (Lipinski definition) is 6. The van der Waals surface area contributed by atoms with Crippen molar-refractivity contribution in [3.63, 3.8) is 0 Å². The molecule has 2 aliphatic heterocycles. The number of halogens is 2. The Morgan fingerprint density at radius 1 is 0.607 bits per heavy atom. The van der Waals surface area contributed by atoms with Gasteiger partial charge in [-0.2, -0.15) is 0 Å². The van der Waals surface area contributed by atoms with E-state index < -0.39 is 23.1 Å². The van der Waals surface area contributed by atoms with Gasteiger partial charge >= 0.3 is 11.9 Å². The zero-order valence-corrected chi connectivity index (χ0v) is 34.5. The van der Waals surface area contributed by atoms with Gasteiger partial charge in [0.15, 0.2) is 0 Å². The van der Waals surface area contributed by atoms with Crippen molar-refractivity contribution in [1.82, 2.24) is 9.80 Å². The van der Waals surface area contributed by atoms with Crippen LogP contribution in [0.25, 0.3) is 0 Å². The average molecular weight is 804 g/mol. The van der Waals surface area contributed by atoms with E-state index in [4.69, 9.17) is 42.9 Å². The summed E-state index contributed by atoms with van der Waals surface area (Å²) in [5.74, 6) is -2.51. The van der Waals surface area contributed by atoms with Crippen LogP contribution in [0.3, 0.4) is 0 Å². The minimum atomic E-state index is -1.26. The molecule has 4 aromatic rings. The van der Waals surface area contributed by atoms with Crippen LogP contribution >= 0.6 is 23.2 Å². The molecule has 2 heterocycles. The van der Waals surface area contributed by atoms with Crippen molar-refractivity contribution < 1.29 is 29.3 Å². The van der Waals surface area contributed by atoms with Crippen molar-refractivity contribution in [2.24, 2.45) is 0 Å². The minimum absolute atomic E-state index is 0.455. The summed E-state index contributed by atoms with van der Waals surface area (Å²) in [7, 11) is 4.43. The number of ether oxygens (including phenoxy) is 2. The Hall–Kier alpha value is -4.02. The van der Waals surface area contributed by atoms with Gasteiger partial charge in [0.2, 0.25) is 0 Å². The lowest BCUT2D eigenvalue weighted by Crippen LogP contribution is -2.31. The van der Waals surface area contributed by atoms with Crippen LogP contribution in [0.2, 0.25) is 10.0 Å². The molecule has 0 amide bonds. The topological polar surface area (TPSA) is 99.5 Å². The fourth-order valence-electron chi connectivity index (χ4n) is 7.34. The maximum Gasteiger partial charge on any atom is 0.328 e. The van der Waals surface area contributed by atoms with Crippen molar-refractivity contribution in [2.75, 3.05) is 40.4 Å². The Balaban J connectivity index is 0.000000209. The maximum absolute atomic E-state index is 9.55. The third-order valence-corrected chi connectivity index (χ3v) is 11.3. The monoisotopic (exact) mass is 802 g/mol. The largest absolute Gasteiger partial charge is 0.478 e. The van der Waals surface area contributed by atoms with Crippen LogP contribution in [0.15, 0.2) is 121 Å². The molecule has 2 fully saturated rings. The normalized spacial score (nSPS) is 19.2. The van der Waals surface area contributed by atoms with Crippen LogP contribution in [-0.4, -0.2) is 84.4 Å². The summed E-state index contributed by atoms with van der Waals surface area (Å²) in [6.07, 6.45) is 8.43. The molecular formula is C46H56Cl2N2O6. The van der Waals surface area contributed by atoms with Gasteiger partial charge in [-0.3, -0.25) is 0 Å². The predicted octanol–water partition coefficient (Wildman–Crippen LogP) is 9.92. The molecular weight excluding hydrogens is 747 g/mol. The summed E-state index contributed by atoms with van der Waals surface area (Å²) in [5.41, 5.74) is 3.71. The highest BCUT2D eigenvalue weighted by molar-refractivity contribution is 6.30. The molecule has 0 unspecified atom stereocenters. The van der Waals surface area contributed by atoms with Gasteiger partial charge in [0.05, 0.1) is 0 Å². The Labute approximate surface area is 342 Å². The first kappa shape index (κ1) is 44.7. The first-order valence-corrected chi connectivity index (χ1v) is 20.0. The van der Waals surface area contributed by atoms with Crippen molar-refractivity contribution in [3.8, 4) is 0 Å². The van der Waals surface area contributed by atoms with Gasteiger partial charge in [-0.1, -0.05) is 108 Å². The number of benzene rings is 4. The fraction of sp³-hybridized carbons (Fsp3) is 0.391. The molecule has 300 valence electrons. The Bertz CT molecular complexity index is 1680. The Kier molecular flexibility index (Phi) is 17.6. The second kappa shape index (κ2) is 22.1. The number of nitrogens with zero attached hydrogens (tertiary/aromatic N) is 2. The number of rotatable bonds is 14. The summed E-state index contributed by atoms with van der Waals surface area (Å²) in [4.78, 5) is 24.0. The number of aliphatic carboxylic acids is 2. The van der Waals surface area contributed by atoms with Gasteiger partial charge in [-0.15, -0.1) is 0 Å². The van der Waals surface area contributed by atoms with Crippen LogP contribution in [0.4, 0.5) is 0 Å². The van der Waals surface area contributed by atoms with E-state index in [1.165, 1.54) is 49.9 Å². The lowest BCUT2D eigenvalue weighted by atomic mass is 9.88. The molecule has 10 heteroatoms. The number of carboxylic acid groups (broad SMARTS) is 2. The molecule has 4 aromatic carbocycles. The van der Waals surface area contributed by atoms with Gasteiger partial charge in [0.1, 0.15) is 11.2 Å². The molecule has 56 heavy (non-hydrogen) atoms. The molecule has 0 bridgehead atoms. The molecule has 2 N–H and O–H groups in total. The molecule has 0 aliphatic carbocycles. The Morgan fingerprint density at radius 3 is 1.21 bits per heavy atom. The third-order valence-electron chi connectivity index (χ3n) is 10.8. The first-order valence-electron chi connectivity index (χ1n) is 19.3. The van der Waals surface area contributed by atoms with E-state index in [-0.39, 0.29) is 0 Å². The quantitative estimate of drug-likeness (QED) is 0.122. The maximum atomic E-state index is 9.55. The second-order valence-corrected chi connectivity index (χ2v) is 15.5. The number of carboxylic acids is 2. The highest BCUT2D eigenvalue weighted by Crippen LogP contribution is 2.36. The van der Waals surface area contributed by atoms with Gasteiger partial charge in [-0.05, 0) is 126 Å². The van der Waals surface area contributed by atoms with Crippen LogP contribution in [0, 0.1) is 0 Å². The van der Waals surface area contributed by atoms with Crippen molar-refractivity contribution >= 4 is 35.1 Å². The van der Waals surface area contributed by atoms with E-state index in [2.05, 4.69) is 111 Å². The Morgan fingerprint density at radius 2 is 0.929 bits per heavy atom. The second-order valence-electron chi connectivity index (χ2n) is 14.6. The lowest BCUT2D eigenvalue weighted by molar-refractivity contribution is -0.134. The van der Waals surface area contributed by atoms with Crippen LogP contribution in [0.5, 0.6) is 0 Å². The van der Waals surface area contributed by atoms with E-state index in [0.29, 0.717) is 24.2 Å². The van der Waals surface area contributed by atoms with Gasteiger partial charge < -0.3 is 29.5 Å². The third kappa shape index (κ3) is 13.3. The van der Waals surface area contributed by atoms with Crippen molar-refractivity contribution in [2.45, 2.75) is 75.7 Å². The molecule has 8 nitrogen and oxygen atoms in total. The molecule has 0 aromatic heterocycles. The standard InChI is InChI=1S/2C21H26ClNO.C4H4O4/c2*1-21(17-7-4-3-5-8-17,18-10-12-19(22)13-11-18)24-16-14-20-9-6-15-23(20)2;5-3(6)1-2-4(7)8/h2*3-5,7-8,10-13,20H,6,9,14-16H2,1-2H3;1-2H,(H,5,6)(H,7,8)/b;;2-1+/t2*20-,21-;/m11./s1. The van der Waals surface area contributed by atoms with Gasteiger partial charge in [0, 0.05) is 47.5 Å². The van der Waals surface area contributed by atoms with Crippen molar-refractivity contribution in [1.29, 1.82) is 0 Å². The van der Waals surface area contributed by atoms with E-state index in [9.17, 15) is 9.59 Å². The zero-order chi connectivity index (χ0) is 40.6. The summed E-state index contributed by atoms with van der Waals surface area (Å²) in [5, 5.41) is 17.1. The van der Waals surface area contributed by atoms with Gasteiger partial charge in [-0.25, -0.2) is 9.59 Å². The van der Waals surface area contributed by atoms with E-state index in [1.54, 1.807) is 0 Å². The molecule has 6 rings (SSSR count). The first-order chi connectivity index (χ1) is 26.8. The fourth-order valence-corrected chi connectivity index (χ4v) is 7.60. The van der Waals surface area contributed by atoms with Crippen LogP contribution in [0.1, 0.15) is 74.6 Å². The van der Waals surface area contributed by atoms with E-state index >= 15 is 0 Å². The number of likely N-dealkylation sites (tertiary alicyclic amines) is 2. The predicted molar refractivity (Wildman–Crippen MR) is 226 cm³/mol.